The Hall–Kier alpha value is -0.810. The Bertz CT molecular complexity index is 260. The minimum Gasteiger partial charge on any atom is -0.385 e. The van der Waals surface area contributed by atoms with E-state index < -0.39 is 0 Å². The van der Waals surface area contributed by atoms with E-state index in [1.54, 1.807) is 7.11 Å². The van der Waals surface area contributed by atoms with Crippen molar-refractivity contribution >= 4 is 6.03 Å². The fourth-order valence-electron chi connectivity index (χ4n) is 2.16. The van der Waals surface area contributed by atoms with Crippen LogP contribution in [0, 0.1) is 5.41 Å². The Morgan fingerprint density at radius 1 is 1.53 bits per heavy atom. The number of urea groups is 1. The lowest BCUT2D eigenvalue weighted by molar-refractivity contribution is 0.170. The highest BCUT2D eigenvalue weighted by Gasteiger charge is 2.42. The first-order valence-corrected chi connectivity index (χ1v) is 6.35. The van der Waals surface area contributed by atoms with Crippen LogP contribution in [0.1, 0.15) is 25.7 Å². The summed E-state index contributed by atoms with van der Waals surface area (Å²) in [6.07, 6.45) is 4.35. The third-order valence-electron chi connectivity index (χ3n) is 3.68. The molecule has 1 saturated heterocycles. The van der Waals surface area contributed by atoms with Crippen molar-refractivity contribution in [3.05, 3.63) is 0 Å². The van der Waals surface area contributed by atoms with Crippen molar-refractivity contribution in [2.75, 3.05) is 33.5 Å². The van der Waals surface area contributed by atoms with Gasteiger partial charge in [-0.25, -0.2) is 4.79 Å². The van der Waals surface area contributed by atoms with E-state index in [4.69, 9.17) is 9.47 Å². The Morgan fingerprint density at radius 3 is 2.94 bits per heavy atom. The van der Waals surface area contributed by atoms with Gasteiger partial charge in [0.1, 0.15) is 0 Å². The van der Waals surface area contributed by atoms with Gasteiger partial charge in [-0.2, -0.15) is 0 Å². The fourth-order valence-corrected chi connectivity index (χ4v) is 2.16. The quantitative estimate of drug-likeness (QED) is 0.727. The molecule has 2 aliphatic rings. The van der Waals surface area contributed by atoms with Gasteiger partial charge in [-0.05, 0) is 31.1 Å². The van der Waals surface area contributed by atoms with Crippen molar-refractivity contribution in [1.82, 2.24) is 10.6 Å². The predicted molar refractivity (Wildman–Crippen MR) is 63.9 cm³/mol. The molecule has 0 aromatic rings. The van der Waals surface area contributed by atoms with E-state index >= 15 is 0 Å². The van der Waals surface area contributed by atoms with Crippen molar-refractivity contribution in [1.29, 1.82) is 0 Å². The van der Waals surface area contributed by atoms with Crippen LogP contribution in [0.3, 0.4) is 0 Å². The molecular formula is C12H22N2O3. The van der Waals surface area contributed by atoms with E-state index in [0.29, 0.717) is 12.0 Å². The van der Waals surface area contributed by atoms with Crippen LogP contribution in [0.4, 0.5) is 4.79 Å². The molecule has 1 aliphatic heterocycles. The summed E-state index contributed by atoms with van der Waals surface area (Å²) in [7, 11) is 1.72. The molecule has 17 heavy (non-hydrogen) atoms. The summed E-state index contributed by atoms with van der Waals surface area (Å²) < 4.78 is 10.3. The Morgan fingerprint density at radius 2 is 2.35 bits per heavy atom. The predicted octanol–water partition coefficient (Wildman–Crippen LogP) is 0.891. The molecule has 0 spiro atoms. The Labute approximate surface area is 102 Å². The van der Waals surface area contributed by atoms with Crippen LogP contribution in [0.5, 0.6) is 0 Å². The number of carbonyl (C=O) groups is 1. The average molecular weight is 242 g/mol. The smallest absolute Gasteiger partial charge is 0.315 e. The topological polar surface area (TPSA) is 59.6 Å². The molecule has 0 aromatic carbocycles. The van der Waals surface area contributed by atoms with Crippen molar-refractivity contribution in [2.24, 2.45) is 5.41 Å². The molecule has 1 heterocycles. The molecule has 2 N–H and O–H groups in total. The largest absolute Gasteiger partial charge is 0.385 e. The molecule has 2 fully saturated rings. The third-order valence-corrected chi connectivity index (χ3v) is 3.68. The second-order valence-corrected chi connectivity index (χ2v) is 5.13. The van der Waals surface area contributed by atoms with E-state index in [1.165, 1.54) is 12.8 Å². The highest BCUT2D eigenvalue weighted by atomic mass is 16.5. The van der Waals surface area contributed by atoms with Gasteiger partial charge >= 0.3 is 6.03 Å². The molecule has 0 bridgehead atoms. The monoisotopic (exact) mass is 242 g/mol. The van der Waals surface area contributed by atoms with Crippen molar-refractivity contribution < 1.29 is 14.3 Å². The van der Waals surface area contributed by atoms with E-state index in [2.05, 4.69) is 10.6 Å². The van der Waals surface area contributed by atoms with Gasteiger partial charge in [-0.15, -0.1) is 0 Å². The summed E-state index contributed by atoms with van der Waals surface area (Å²) >= 11 is 0. The standard InChI is InChI=1S/C12H22N2O3/c1-16-7-5-12(3-4-12)9-13-11(15)14-10-2-6-17-8-10/h10H,2-9H2,1H3,(H2,13,14,15). The molecule has 1 atom stereocenters. The van der Waals surface area contributed by atoms with Crippen molar-refractivity contribution in [2.45, 2.75) is 31.7 Å². The van der Waals surface area contributed by atoms with Crippen LogP contribution in [0.25, 0.3) is 0 Å². The number of hydrogen-bond acceptors (Lipinski definition) is 3. The molecular weight excluding hydrogens is 220 g/mol. The minimum absolute atomic E-state index is 0.0656. The van der Waals surface area contributed by atoms with Crippen LogP contribution < -0.4 is 10.6 Å². The van der Waals surface area contributed by atoms with Crippen molar-refractivity contribution in [3.63, 3.8) is 0 Å². The lowest BCUT2D eigenvalue weighted by atomic mass is 10.0. The van der Waals surface area contributed by atoms with Crippen LogP contribution in [0.15, 0.2) is 0 Å². The van der Waals surface area contributed by atoms with Gasteiger partial charge in [-0.1, -0.05) is 0 Å². The molecule has 1 aliphatic carbocycles. The molecule has 2 rings (SSSR count). The van der Waals surface area contributed by atoms with Crippen LogP contribution in [0.2, 0.25) is 0 Å². The van der Waals surface area contributed by atoms with Crippen LogP contribution in [-0.4, -0.2) is 45.5 Å². The zero-order chi connectivity index (χ0) is 12.1. The maximum absolute atomic E-state index is 11.6. The Balaban J connectivity index is 1.62. The Kier molecular flexibility index (Phi) is 4.23. The normalized spacial score (nSPS) is 25.6. The third kappa shape index (κ3) is 3.85. The fraction of sp³-hybridized carbons (Fsp3) is 0.917. The first kappa shape index (κ1) is 12.6. The summed E-state index contributed by atoms with van der Waals surface area (Å²) in [6, 6.07) is 0.119. The average Bonchev–Trinajstić information content (AvgIpc) is 2.92. The molecule has 2 amide bonds. The molecule has 1 unspecified atom stereocenters. The van der Waals surface area contributed by atoms with Crippen LogP contribution >= 0.6 is 0 Å². The molecule has 98 valence electrons. The molecule has 5 heteroatoms. The van der Waals surface area contributed by atoms with Crippen molar-refractivity contribution in [3.8, 4) is 0 Å². The first-order valence-electron chi connectivity index (χ1n) is 6.35. The number of hydrogen-bond donors (Lipinski definition) is 2. The van der Waals surface area contributed by atoms with Gasteiger partial charge in [0, 0.05) is 26.9 Å². The van der Waals surface area contributed by atoms with E-state index in [-0.39, 0.29) is 12.1 Å². The van der Waals surface area contributed by atoms with Gasteiger partial charge in [0.25, 0.3) is 0 Å². The second-order valence-electron chi connectivity index (χ2n) is 5.13. The summed E-state index contributed by atoms with van der Waals surface area (Å²) in [5.74, 6) is 0. The van der Waals surface area contributed by atoms with Gasteiger partial charge in [0.2, 0.25) is 0 Å². The summed E-state index contributed by atoms with van der Waals surface area (Å²) in [6.45, 7) is 2.93. The molecule has 5 nitrogen and oxygen atoms in total. The van der Waals surface area contributed by atoms with E-state index in [0.717, 1.165) is 32.6 Å². The minimum atomic E-state index is -0.0656. The molecule has 1 saturated carbocycles. The van der Waals surface area contributed by atoms with Gasteiger partial charge in [0.05, 0.1) is 12.6 Å². The highest BCUT2D eigenvalue weighted by Crippen LogP contribution is 2.48. The summed E-state index contributed by atoms with van der Waals surface area (Å²) in [5.41, 5.74) is 0.305. The maximum Gasteiger partial charge on any atom is 0.315 e. The van der Waals surface area contributed by atoms with Gasteiger partial charge in [0.15, 0.2) is 0 Å². The van der Waals surface area contributed by atoms with Gasteiger partial charge < -0.3 is 20.1 Å². The lowest BCUT2D eigenvalue weighted by Crippen LogP contribution is -2.44. The number of methoxy groups -OCH3 is 1. The number of amides is 2. The molecule has 0 aromatic heterocycles. The van der Waals surface area contributed by atoms with E-state index in [1.807, 2.05) is 0 Å². The number of carbonyl (C=O) groups excluding carboxylic acids is 1. The lowest BCUT2D eigenvalue weighted by Gasteiger charge is -2.17. The maximum atomic E-state index is 11.6. The SMILES string of the molecule is COCCC1(CNC(=O)NC2CCOC2)CC1. The zero-order valence-electron chi connectivity index (χ0n) is 10.5. The van der Waals surface area contributed by atoms with Crippen LogP contribution in [-0.2, 0) is 9.47 Å². The summed E-state index contributed by atoms with van der Waals surface area (Å²) in [4.78, 5) is 11.6. The van der Waals surface area contributed by atoms with Gasteiger partial charge in [-0.3, -0.25) is 0 Å². The van der Waals surface area contributed by atoms with E-state index in [9.17, 15) is 4.79 Å². The zero-order valence-corrected chi connectivity index (χ0v) is 10.5. The number of rotatable bonds is 6. The number of nitrogens with one attached hydrogen (secondary N) is 2. The highest BCUT2D eigenvalue weighted by molar-refractivity contribution is 5.74. The summed E-state index contributed by atoms with van der Waals surface area (Å²) in [5, 5.41) is 5.89. The second kappa shape index (κ2) is 5.69. The molecule has 0 radical (unpaired) electrons. The first-order chi connectivity index (χ1) is 8.24. The number of ether oxygens (including phenoxy) is 2.